The van der Waals surface area contributed by atoms with E-state index in [2.05, 4.69) is 23.3 Å². The lowest BCUT2D eigenvalue weighted by molar-refractivity contribution is 0.200. The van der Waals surface area contributed by atoms with Crippen LogP contribution in [-0.4, -0.2) is 31.6 Å². The number of nitrogens with zero attached hydrogens (tertiary/aromatic N) is 1. The Morgan fingerprint density at radius 3 is 2.81 bits per heavy atom. The summed E-state index contributed by atoms with van der Waals surface area (Å²) in [6.07, 6.45) is 2.43. The van der Waals surface area contributed by atoms with Crippen LogP contribution in [0.2, 0.25) is 5.02 Å². The summed E-state index contributed by atoms with van der Waals surface area (Å²) in [6.45, 7) is 3.40. The fourth-order valence-electron chi connectivity index (χ4n) is 3.04. The van der Waals surface area contributed by atoms with Gasteiger partial charge in [0, 0.05) is 28.2 Å². The third-order valence-corrected chi connectivity index (χ3v) is 4.42. The van der Waals surface area contributed by atoms with Gasteiger partial charge in [0.1, 0.15) is 0 Å². The molecule has 0 bridgehead atoms. The number of benzene rings is 1. The summed E-state index contributed by atoms with van der Waals surface area (Å²) in [7, 11) is 2.20. The van der Waals surface area contributed by atoms with Crippen molar-refractivity contribution in [1.82, 2.24) is 4.90 Å². The van der Waals surface area contributed by atoms with E-state index in [0.717, 1.165) is 11.6 Å². The molecule has 0 amide bonds. The standard InChI is InChI=1S/C13H17ClN2/c1-16-7-5-13(6-8-16)9-15-11-4-2-3-10(14)12(11)13/h2-4,15H,5-9H2,1H3. The number of halogens is 1. The second-order valence-corrected chi connectivity index (χ2v) is 5.51. The molecule has 16 heavy (non-hydrogen) atoms. The molecule has 0 aromatic heterocycles. The Balaban J connectivity index is 2.02. The van der Waals surface area contributed by atoms with Crippen LogP contribution in [0.5, 0.6) is 0 Å². The molecule has 3 rings (SSSR count). The van der Waals surface area contributed by atoms with E-state index >= 15 is 0 Å². The molecular weight excluding hydrogens is 220 g/mol. The van der Waals surface area contributed by atoms with Crippen LogP contribution >= 0.6 is 11.6 Å². The lowest BCUT2D eigenvalue weighted by Crippen LogP contribution is -2.42. The number of piperidine rings is 1. The van der Waals surface area contributed by atoms with Gasteiger partial charge in [-0.2, -0.15) is 0 Å². The molecule has 1 N–H and O–H groups in total. The number of fused-ring (bicyclic) bond motifs is 2. The first-order valence-corrected chi connectivity index (χ1v) is 6.30. The minimum atomic E-state index is 0.292. The average molecular weight is 237 g/mol. The van der Waals surface area contributed by atoms with Gasteiger partial charge in [0.2, 0.25) is 0 Å². The van der Waals surface area contributed by atoms with E-state index in [4.69, 9.17) is 11.6 Å². The molecule has 2 nitrogen and oxygen atoms in total. The molecule has 2 aliphatic heterocycles. The highest BCUT2D eigenvalue weighted by Crippen LogP contribution is 2.46. The molecule has 86 valence electrons. The number of hydrogen-bond donors (Lipinski definition) is 1. The summed E-state index contributed by atoms with van der Waals surface area (Å²) in [5, 5.41) is 4.45. The van der Waals surface area contributed by atoms with Crippen LogP contribution < -0.4 is 5.32 Å². The lowest BCUT2D eigenvalue weighted by atomic mass is 9.74. The summed E-state index contributed by atoms with van der Waals surface area (Å²) in [6, 6.07) is 6.20. The maximum atomic E-state index is 6.38. The van der Waals surface area contributed by atoms with Crippen molar-refractivity contribution in [2.45, 2.75) is 18.3 Å². The lowest BCUT2D eigenvalue weighted by Gasteiger charge is -2.38. The number of hydrogen-bond acceptors (Lipinski definition) is 2. The molecule has 0 radical (unpaired) electrons. The maximum absolute atomic E-state index is 6.38. The Hall–Kier alpha value is -0.730. The van der Waals surface area contributed by atoms with E-state index in [0.29, 0.717) is 5.41 Å². The molecule has 0 unspecified atom stereocenters. The molecule has 1 aromatic rings. The Kier molecular flexibility index (Phi) is 2.37. The van der Waals surface area contributed by atoms with E-state index in [9.17, 15) is 0 Å². The van der Waals surface area contributed by atoms with Gasteiger partial charge in [-0.25, -0.2) is 0 Å². The second-order valence-electron chi connectivity index (χ2n) is 5.10. The van der Waals surface area contributed by atoms with Gasteiger partial charge >= 0.3 is 0 Å². The largest absolute Gasteiger partial charge is 0.384 e. The van der Waals surface area contributed by atoms with Crippen molar-refractivity contribution in [3.8, 4) is 0 Å². The predicted molar refractivity (Wildman–Crippen MR) is 68.4 cm³/mol. The molecule has 1 spiro atoms. The van der Waals surface area contributed by atoms with Crippen LogP contribution in [-0.2, 0) is 5.41 Å². The molecule has 2 aliphatic rings. The summed E-state index contributed by atoms with van der Waals surface area (Å²) in [5.41, 5.74) is 2.90. The zero-order valence-electron chi connectivity index (χ0n) is 9.59. The zero-order chi connectivity index (χ0) is 11.2. The topological polar surface area (TPSA) is 15.3 Å². The first-order chi connectivity index (χ1) is 7.71. The van der Waals surface area contributed by atoms with Gasteiger partial charge < -0.3 is 10.2 Å². The molecule has 0 saturated carbocycles. The Morgan fingerprint density at radius 2 is 2.06 bits per heavy atom. The fourth-order valence-corrected chi connectivity index (χ4v) is 3.41. The van der Waals surface area contributed by atoms with Crippen LogP contribution in [0.1, 0.15) is 18.4 Å². The van der Waals surface area contributed by atoms with Gasteiger partial charge in [0.15, 0.2) is 0 Å². The fraction of sp³-hybridized carbons (Fsp3) is 0.538. The second kappa shape index (κ2) is 3.64. The molecular formula is C13H17ClN2. The van der Waals surface area contributed by atoms with Crippen molar-refractivity contribution < 1.29 is 0 Å². The molecule has 1 aromatic carbocycles. The minimum absolute atomic E-state index is 0.292. The third kappa shape index (κ3) is 1.44. The molecule has 0 atom stereocenters. The summed E-state index contributed by atoms with van der Waals surface area (Å²) in [5.74, 6) is 0. The van der Waals surface area contributed by atoms with Gasteiger partial charge in [-0.15, -0.1) is 0 Å². The van der Waals surface area contributed by atoms with Crippen LogP contribution in [0.3, 0.4) is 0 Å². The highest BCUT2D eigenvalue weighted by molar-refractivity contribution is 6.32. The number of likely N-dealkylation sites (tertiary alicyclic amines) is 1. The van der Waals surface area contributed by atoms with Crippen LogP contribution in [0.15, 0.2) is 18.2 Å². The van der Waals surface area contributed by atoms with Crippen molar-refractivity contribution in [2.24, 2.45) is 0 Å². The van der Waals surface area contributed by atoms with Crippen molar-refractivity contribution in [3.05, 3.63) is 28.8 Å². The minimum Gasteiger partial charge on any atom is -0.384 e. The number of anilines is 1. The van der Waals surface area contributed by atoms with Crippen molar-refractivity contribution >= 4 is 17.3 Å². The Morgan fingerprint density at radius 1 is 1.31 bits per heavy atom. The highest BCUT2D eigenvalue weighted by atomic mass is 35.5. The Bertz CT molecular complexity index is 408. The van der Waals surface area contributed by atoms with Gasteiger partial charge in [-0.3, -0.25) is 0 Å². The first kappa shape index (κ1) is 10.4. The van der Waals surface area contributed by atoms with Gasteiger partial charge in [-0.1, -0.05) is 17.7 Å². The van der Waals surface area contributed by atoms with Crippen molar-refractivity contribution in [1.29, 1.82) is 0 Å². The normalized spacial score (nSPS) is 23.1. The van der Waals surface area contributed by atoms with E-state index in [1.54, 1.807) is 0 Å². The maximum Gasteiger partial charge on any atom is 0.0464 e. The first-order valence-electron chi connectivity index (χ1n) is 5.93. The van der Waals surface area contributed by atoms with Gasteiger partial charge in [0.05, 0.1) is 0 Å². The third-order valence-electron chi connectivity index (χ3n) is 4.11. The van der Waals surface area contributed by atoms with Gasteiger partial charge in [-0.05, 0) is 45.1 Å². The highest BCUT2D eigenvalue weighted by Gasteiger charge is 2.42. The van der Waals surface area contributed by atoms with Crippen LogP contribution in [0.4, 0.5) is 5.69 Å². The number of rotatable bonds is 0. The van der Waals surface area contributed by atoms with Crippen molar-refractivity contribution in [3.63, 3.8) is 0 Å². The molecule has 2 heterocycles. The zero-order valence-corrected chi connectivity index (χ0v) is 10.3. The van der Waals surface area contributed by atoms with E-state index in [1.807, 2.05) is 12.1 Å². The van der Waals surface area contributed by atoms with E-state index in [1.165, 1.54) is 37.2 Å². The van der Waals surface area contributed by atoms with E-state index < -0.39 is 0 Å². The molecule has 3 heteroatoms. The quantitative estimate of drug-likeness (QED) is 0.745. The monoisotopic (exact) mass is 236 g/mol. The van der Waals surface area contributed by atoms with Crippen molar-refractivity contribution in [2.75, 3.05) is 32.0 Å². The summed E-state index contributed by atoms with van der Waals surface area (Å²) < 4.78 is 0. The summed E-state index contributed by atoms with van der Waals surface area (Å²) >= 11 is 6.38. The molecule has 0 aliphatic carbocycles. The number of nitrogens with one attached hydrogen (secondary N) is 1. The predicted octanol–water partition coefficient (Wildman–Crippen LogP) is 2.73. The van der Waals surface area contributed by atoms with Gasteiger partial charge in [0.25, 0.3) is 0 Å². The average Bonchev–Trinajstić information content (AvgIpc) is 2.64. The Labute approximate surface area is 102 Å². The SMILES string of the molecule is CN1CCC2(CC1)CNc1cccc(Cl)c12. The van der Waals surface area contributed by atoms with Crippen LogP contribution in [0.25, 0.3) is 0 Å². The summed E-state index contributed by atoms with van der Waals surface area (Å²) in [4.78, 5) is 2.40. The molecule has 1 saturated heterocycles. The van der Waals surface area contributed by atoms with Crippen LogP contribution in [0, 0.1) is 0 Å². The molecule has 1 fully saturated rings. The van der Waals surface area contributed by atoms with E-state index in [-0.39, 0.29) is 0 Å². The smallest absolute Gasteiger partial charge is 0.0464 e.